The lowest BCUT2D eigenvalue weighted by Crippen LogP contribution is -2.36. The van der Waals surface area contributed by atoms with Gasteiger partial charge >= 0.3 is 0 Å². The van der Waals surface area contributed by atoms with Crippen LogP contribution in [0.3, 0.4) is 0 Å². The van der Waals surface area contributed by atoms with Crippen LogP contribution < -0.4 is 15.2 Å². The number of benzene rings is 1. The molecule has 1 saturated carbocycles. The quantitative estimate of drug-likeness (QED) is 0.899. The summed E-state index contributed by atoms with van der Waals surface area (Å²) in [5.41, 5.74) is 7.04. The van der Waals surface area contributed by atoms with E-state index in [0.717, 1.165) is 28.6 Å². The summed E-state index contributed by atoms with van der Waals surface area (Å²) < 4.78 is 11.5. The molecular weight excluding hydrogens is 298 g/mol. The van der Waals surface area contributed by atoms with Crippen LogP contribution in [-0.2, 0) is 0 Å². The normalized spacial score (nSPS) is 21.5. The zero-order chi connectivity index (χ0) is 12.7. The van der Waals surface area contributed by atoms with Gasteiger partial charge in [0.25, 0.3) is 0 Å². The molecule has 0 aromatic heterocycles. The number of ether oxygens (including phenoxy) is 2. The van der Waals surface area contributed by atoms with Gasteiger partial charge in [0, 0.05) is 4.47 Å². The van der Waals surface area contributed by atoms with Gasteiger partial charge in [-0.3, -0.25) is 0 Å². The van der Waals surface area contributed by atoms with E-state index < -0.39 is 6.10 Å². The highest BCUT2D eigenvalue weighted by molar-refractivity contribution is 9.10. The van der Waals surface area contributed by atoms with E-state index in [1.165, 1.54) is 6.42 Å². The molecule has 1 fully saturated rings. The van der Waals surface area contributed by atoms with Crippen molar-refractivity contribution < 1.29 is 14.6 Å². The first-order valence-electron chi connectivity index (χ1n) is 6.19. The molecule has 3 N–H and O–H groups in total. The maximum atomic E-state index is 10.2. The van der Waals surface area contributed by atoms with Crippen molar-refractivity contribution in [1.82, 2.24) is 0 Å². The average molecular weight is 314 g/mol. The minimum absolute atomic E-state index is 0.242. The second-order valence-corrected chi connectivity index (χ2v) is 5.79. The molecule has 2 aliphatic rings. The van der Waals surface area contributed by atoms with Gasteiger partial charge in [-0.1, -0.05) is 22.4 Å². The van der Waals surface area contributed by atoms with Crippen molar-refractivity contribution in [3.05, 3.63) is 22.2 Å². The Morgan fingerprint density at radius 3 is 2.56 bits per heavy atom. The molecule has 0 bridgehead atoms. The van der Waals surface area contributed by atoms with Crippen LogP contribution in [0.4, 0.5) is 0 Å². The summed E-state index contributed by atoms with van der Waals surface area (Å²) in [4.78, 5) is 0. The van der Waals surface area contributed by atoms with Crippen LogP contribution in [0, 0.1) is 5.92 Å². The van der Waals surface area contributed by atoms with Crippen LogP contribution in [0.2, 0.25) is 0 Å². The third-order valence-corrected chi connectivity index (χ3v) is 4.54. The predicted molar refractivity (Wildman–Crippen MR) is 70.5 cm³/mol. The molecule has 3 rings (SSSR count). The Bertz CT molecular complexity index is 462. The van der Waals surface area contributed by atoms with Crippen molar-refractivity contribution in [3.63, 3.8) is 0 Å². The molecule has 4 nitrogen and oxygen atoms in total. The molecule has 1 aliphatic heterocycles. The zero-order valence-electron chi connectivity index (χ0n) is 9.93. The van der Waals surface area contributed by atoms with Crippen LogP contribution >= 0.6 is 15.9 Å². The molecule has 0 spiro atoms. The number of fused-ring (bicyclic) bond motifs is 1. The molecule has 1 aromatic carbocycles. The number of rotatable bonds is 3. The van der Waals surface area contributed by atoms with Crippen molar-refractivity contribution >= 4 is 15.9 Å². The van der Waals surface area contributed by atoms with Gasteiger partial charge in [-0.05, 0) is 36.5 Å². The first-order valence-corrected chi connectivity index (χ1v) is 6.99. The van der Waals surface area contributed by atoms with E-state index in [1.54, 1.807) is 0 Å². The van der Waals surface area contributed by atoms with Gasteiger partial charge in [-0.15, -0.1) is 0 Å². The number of nitrogens with two attached hydrogens (primary N) is 1. The lowest BCUT2D eigenvalue weighted by Gasteiger charge is -2.34. The minimum Gasteiger partial charge on any atom is -0.454 e. The average Bonchev–Trinajstić information content (AvgIpc) is 2.71. The Morgan fingerprint density at radius 2 is 1.94 bits per heavy atom. The summed E-state index contributed by atoms with van der Waals surface area (Å²) in [5, 5.41) is 10.2. The van der Waals surface area contributed by atoms with E-state index >= 15 is 0 Å². The molecule has 98 valence electrons. The molecule has 0 amide bonds. The third-order valence-electron chi connectivity index (χ3n) is 3.85. The fourth-order valence-electron chi connectivity index (χ4n) is 2.45. The first kappa shape index (κ1) is 12.3. The Balaban J connectivity index is 1.86. The molecular formula is C13H16BrNO3. The van der Waals surface area contributed by atoms with Gasteiger partial charge in [0.15, 0.2) is 11.5 Å². The fraction of sp³-hybridized carbons (Fsp3) is 0.538. The Hall–Kier alpha value is -0.780. The van der Waals surface area contributed by atoms with E-state index in [4.69, 9.17) is 15.2 Å². The van der Waals surface area contributed by atoms with E-state index in [0.29, 0.717) is 11.7 Å². The van der Waals surface area contributed by atoms with Gasteiger partial charge in [-0.25, -0.2) is 0 Å². The van der Waals surface area contributed by atoms with Gasteiger partial charge in [0.1, 0.15) is 0 Å². The predicted octanol–water partition coefficient (Wildman–Crippen LogP) is 2.34. The molecule has 0 unspecified atom stereocenters. The van der Waals surface area contributed by atoms with Crippen molar-refractivity contribution in [2.75, 3.05) is 6.79 Å². The second-order valence-electron chi connectivity index (χ2n) is 4.93. The van der Waals surface area contributed by atoms with Crippen LogP contribution in [0.15, 0.2) is 16.6 Å². The molecule has 1 heterocycles. The minimum atomic E-state index is -0.490. The molecule has 18 heavy (non-hydrogen) atoms. The van der Waals surface area contributed by atoms with Crippen molar-refractivity contribution in [1.29, 1.82) is 0 Å². The summed E-state index contributed by atoms with van der Waals surface area (Å²) in [5.74, 6) is 1.75. The number of aliphatic hydroxyl groups excluding tert-OH is 1. The van der Waals surface area contributed by atoms with Gasteiger partial charge in [0.2, 0.25) is 6.79 Å². The Morgan fingerprint density at radius 1 is 1.28 bits per heavy atom. The summed E-state index contributed by atoms with van der Waals surface area (Å²) in [6.45, 7) is 0.242. The lowest BCUT2D eigenvalue weighted by atomic mass is 9.77. The SMILES string of the molecule is N[C@@H](c1cc2c(cc1Br)OCO2)[C@H](O)C1CCC1. The molecule has 5 heteroatoms. The van der Waals surface area contributed by atoms with E-state index in [1.807, 2.05) is 12.1 Å². The smallest absolute Gasteiger partial charge is 0.231 e. The Labute approximate surface area is 114 Å². The number of halogens is 1. The van der Waals surface area contributed by atoms with Crippen LogP contribution in [0.25, 0.3) is 0 Å². The highest BCUT2D eigenvalue weighted by Gasteiger charge is 2.32. The summed E-state index contributed by atoms with van der Waals surface area (Å²) in [6, 6.07) is 3.32. The van der Waals surface area contributed by atoms with Crippen LogP contribution in [-0.4, -0.2) is 18.0 Å². The Kier molecular flexibility index (Phi) is 3.21. The standard InChI is InChI=1S/C13H16BrNO3/c14-9-5-11-10(17-6-18-11)4-8(9)12(15)13(16)7-2-1-3-7/h4-5,7,12-13,16H,1-3,6,15H2/t12-,13+/m0/s1. The monoisotopic (exact) mass is 313 g/mol. The van der Waals surface area contributed by atoms with Crippen molar-refractivity contribution in [2.24, 2.45) is 11.7 Å². The van der Waals surface area contributed by atoms with Crippen molar-refractivity contribution in [3.8, 4) is 11.5 Å². The molecule has 1 aromatic rings. The number of hydrogen-bond acceptors (Lipinski definition) is 4. The highest BCUT2D eigenvalue weighted by atomic mass is 79.9. The highest BCUT2D eigenvalue weighted by Crippen LogP contribution is 2.41. The van der Waals surface area contributed by atoms with E-state index in [9.17, 15) is 5.11 Å². The molecule has 0 saturated heterocycles. The van der Waals surface area contributed by atoms with E-state index in [-0.39, 0.29) is 12.8 Å². The molecule has 0 radical (unpaired) electrons. The summed E-state index contributed by atoms with van der Waals surface area (Å²) >= 11 is 3.48. The third kappa shape index (κ3) is 2.00. The van der Waals surface area contributed by atoms with Crippen LogP contribution in [0.5, 0.6) is 11.5 Å². The summed E-state index contributed by atoms with van der Waals surface area (Å²) in [7, 11) is 0. The largest absolute Gasteiger partial charge is 0.454 e. The fourth-order valence-corrected chi connectivity index (χ4v) is 3.03. The molecule has 2 atom stereocenters. The molecule has 1 aliphatic carbocycles. The lowest BCUT2D eigenvalue weighted by molar-refractivity contribution is 0.0411. The topological polar surface area (TPSA) is 64.7 Å². The maximum Gasteiger partial charge on any atom is 0.231 e. The second kappa shape index (κ2) is 4.72. The maximum absolute atomic E-state index is 10.2. The number of aliphatic hydroxyl groups is 1. The summed E-state index contributed by atoms with van der Waals surface area (Å²) in [6.07, 6.45) is 2.83. The van der Waals surface area contributed by atoms with Gasteiger partial charge in [0.05, 0.1) is 12.1 Å². The number of hydrogen-bond donors (Lipinski definition) is 2. The van der Waals surface area contributed by atoms with E-state index in [2.05, 4.69) is 15.9 Å². The first-order chi connectivity index (χ1) is 8.66. The van der Waals surface area contributed by atoms with Crippen LogP contribution in [0.1, 0.15) is 30.9 Å². The van der Waals surface area contributed by atoms with Gasteiger partial charge < -0.3 is 20.3 Å². The van der Waals surface area contributed by atoms with Crippen molar-refractivity contribution in [2.45, 2.75) is 31.4 Å². The zero-order valence-corrected chi connectivity index (χ0v) is 11.5. The van der Waals surface area contributed by atoms with Gasteiger partial charge in [-0.2, -0.15) is 0 Å².